The maximum atomic E-state index is 10.7. The number of hydrogen-bond donors (Lipinski definition) is 1. The van der Waals surface area contributed by atoms with Crippen LogP contribution in [-0.2, 0) is 6.54 Å². The Hall–Kier alpha value is -2.34. The smallest absolute Gasteiger partial charge is 0.270 e. The van der Waals surface area contributed by atoms with Gasteiger partial charge in [-0.25, -0.2) is 9.97 Å². The number of non-ortho nitro benzene ring substituents is 1. The third-order valence-corrected chi connectivity index (χ3v) is 2.58. The van der Waals surface area contributed by atoms with Crippen molar-refractivity contribution in [3.8, 4) is 11.4 Å². The molecular weight excluding hydrogens is 244 g/mol. The number of hydrogen-bond acceptors (Lipinski definition) is 5. The number of aromatic nitrogens is 2. The van der Waals surface area contributed by atoms with E-state index in [-0.39, 0.29) is 5.69 Å². The Kier molecular flexibility index (Phi) is 4.15. The van der Waals surface area contributed by atoms with Crippen molar-refractivity contribution in [3.05, 3.63) is 52.3 Å². The molecule has 2 rings (SSSR count). The largest absolute Gasteiger partial charge is 0.311 e. The summed E-state index contributed by atoms with van der Waals surface area (Å²) in [6.45, 7) is 3.53. The third kappa shape index (κ3) is 3.32. The fourth-order valence-corrected chi connectivity index (χ4v) is 1.65. The van der Waals surface area contributed by atoms with E-state index in [1.165, 1.54) is 12.1 Å². The van der Waals surface area contributed by atoms with Crippen molar-refractivity contribution in [2.24, 2.45) is 0 Å². The van der Waals surface area contributed by atoms with Crippen molar-refractivity contribution in [2.75, 3.05) is 6.54 Å². The predicted octanol–water partition coefficient (Wildman–Crippen LogP) is 2.16. The average molecular weight is 258 g/mol. The lowest BCUT2D eigenvalue weighted by Crippen LogP contribution is -2.13. The van der Waals surface area contributed by atoms with Crippen LogP contribution in [0.25, 0.3) is 11.4 Å². The lowest BCUT2D eigenvalue weighted by molar-refractivity contribution is -0.384. The molecule has 0 unspecified atom stereocenters. The van der Waals surface area contributed by atoms with Crippen molar-refractivity contribution in [1.82, 2.24) is 15.3 Å². The second-order valence-electron chi connectivity index (χ2n) is 3.96. The second-order valence-corrected chi connectivity index (χ2v) is 3.96. The third-order valence-electron chi connectivity index (χ3n) is 2.58. The highest BCUT2D eigenvalue weighted by atomic mass is 16.6. The van der Waals surface area contributed by atoms with Crippen molar-refractivity contribution in [3.63, 3.8) is 0 Å². The van der Waals surface area contributed by atoms with Crippen molar-refractivity contribution in [2.45, 2.75) is 13.5 Å². The highest BCUT2D eigenvalue weighted by Crippen LogP contribution is 2.20. The Morgan fingerprint density at radius 2 is 2.21 bits per heavy atom. The summed E-state index contributed by atoms with van der Waals surface area (Å²) in [5.74, 6) is 0.499. The predicted molar refractivity (Wildman–Crippen MR) is 71.5 cm³/mol. The van der Waals surface area contributed by atoms with Crippen LogP contribution in [0.15, 0.2) is 36.5 Å². The van der Waals surface area contributed by atoms with Gasteiger partial charge >= 0.3 is 0 Å². The van der Waals surface area contributed by atoms with Crippen LogP contribution in [0.1, 0.15) is 12.6 Å². The van der Waals surface area contributed by atoms with Crippen molar-refractivity contribution >= 4 is 5.69 Å². The highest BCUT2D eigenvalue weighted by Gasteiger charge is 2.09. The van der Waals surface area contributed by atoms with Gasteiger partial charge in [-0.15, -0.1) is 0 Å². The highest BCUT2D eigenvalue weighted by molar-refractivity contribution is 5.58. The average Bonchev–Trinajstić information content (AvgIpc) is 2.45. The van der Waals surface area contributed by atoms with E-state index in [0.29, 0.717) is 17.9 Å². The van der Waals surface area contributed by atoms with Crippen LogP contribution in [0.2, 0.25) is 0 Å². The van der Waals surface area contributed by atoms with Crippen molar-refractivity contribution in [1.29, 1.82) is 0 Å². The first-order chi connectivity index (χ1) is 9.20. The summed E-state index contributed by atoms with van der Waals surface area (Å²) < 4.78 is 0. The van der Waals surface area contributed by atoms with Gasteiger partial charge in [0.15, 0.2) is 5.82 Å². The Bertz CT molecular complexity index is 586. The van der Waals surface area contributed by atoms with Gasteiger partial charge in [0.1, 0.15) is 0 Å². The summed E-state index contributed by atoms with van der Waals surface area (Å²) >= 11 is 0. The van der Waals surface area contributed by atoms with Gasteiger partial charge < -0.3 is 5.32 Å². The molecule has 2 aromatic rings. The van der Waals surface area contributed by atoms with Gasteiger partial charge in [-0.2, -0.15) is 0 Å². The van der Waals surface area contributed by atoms with E-state index in [0.717, 1.165) is 12.2 Å². The molecule has 0 aliphatic heterocycles. The van der Waals surface area contributed by atoms with E-state index in [2.05, 4.69) is 15.3 Å². The molecule has 6 heteroatoms. The molecule has 1 aromatic carbocycles. The fraction of sp³-hybridized carbons (Fsp3) is 0.231. The zero-order valence-electron chi connectivity index (χ0n) is 10.5. The molecule has 0 saturated heterocycles. The maximum absolute atomic E-state index is 10.7. The molecule has 0 fully saturated rings. The summed E-state index contributed by atoms with van der Waals surface area (Å²) in [6.07, 6.45) is 1.66. The minimum atomic E-state index is -0.425. The SMILES string of the molecule is CCNCc1ccnc(-c2cccc([N+](=O)[O-])c2)n1. The zero-order chi connectivity index (χ0) is 13.7. The molecule has 0 amide bonds. The first-order valence-electron chi connectivity index (χ1n) is 5.98. The summed E-state index contributed by atoms with van der Waals surface area (Å²) in [7, 11) is 0. The molecule has 1 aromatic heterocycles. The normalized spacial score (nSPS) is 10.4. The van der Waals surface area contributed by atoms with Gasteiger partial charge in [0.05, 0.1) is 10.6 Å². The van der Waals surface area contributed by atoms with Crippen LogP contribution in [0, 0.1) is 10.1 Å². The van der Waals surface area contributed by atoms with Crippen LogP contribution in [0.4, 0.5) is 5.69 Å². The summed E-state index contributed by atoms with van der Waals surface area (Å²) in [4.78, 5) is 18.9. The molecule has 0 aliphatic carbocycles. The van der Waals surface area contributed by atoms with Gasteiger partial charge in [0.25, 0.3) is 5.69 Å². The lowest BCUT2D eigenvalue weighted by atomic mass is 10.2. The number of rotatable bonds is 5. The zero-order valence-corrected chi connectivity index (χ0v) is 10.5. The molecule has 0 atom stereocenters. The summed E-state index contributed by atoms with van der Waals surface area (Å²) in [5.41, 5.74) is 1.55. The first kappa shape index (κ1) is 13.1. The van der Waals surface area contributed by atoms with Crippen LogP contribution in [0.5, 0.6) is 0 Å². The lowest BCUT2D eigenvalue weighted by Gasteiger charge is -2.04. The molecular formula is C13H14N4O2. The van der Waals surface area contributed by atoms with E-state index in [1.54, 1.807) is 18.3 Å². The molecule has 6 nitrogen and oxygen atoms in total. The van der Waals surface area contributed by atoms with Gasteiger partial charge in [-0.3, -0.25) is 10.1 Å². The van der Waals surface area contributed by atoms with Gasteiger partial charge in [-0.05, 0) is 12.6 Å². The monoisotopic (exact) mass is 258 g/mol. The second kappa shape index (κ2) is 6.01. The Balaban J connectivity index is 2.30. The number of nitro benzene ring substituents is 1. The van der Waals surface area contributed by atoms with Gasteiger partial charge in [0, 0.05) is 30.4 Å². The van der Waals surface area contributed by atoms with E-state index in [9.17, 15) is 10.1 Å². The minimum Gasteiger partial charge on any atom is -0.311 e. The molecule has 1 N–H and O–H groups in total. The van der Waals surface area contributed by atoms with Crippen LogP contribution in [-0.4, -0.2) is 21.4 Å². The fourth-order valence-electron chi connectivity index (χ4n) is 1.65. The quantitative estimate of drug-likeness (QED) is 0.656. The topological polar surface area (TPSA) is 81.0 Å². The van der Waals surface area contributed by atoms with E-state index in [1.807, 2.05) is 13.0 Å². The van der Waals surface area contributed by atoms with Crippen LogP contribution in [0.3, 0.4) is 0 Å². The summed E-state index contributed by atoms with van der Waals surface area (Å²) in [6, 6.07) is 8.15. The molecule has 0 bridgehead atoms. The van der Waals surface area contributed by atoms with Crippen LogP contribution < -0.4 is 5.32 Å². The number of nitrogens with one attached hydrogen (secondary N) is 1. The van der Waals surface area contributed by atoms with E-state index < -0.39 is 4.92 Å². The van der Waals surface area contributed by atoms with E-state index in [4.69, 9.17) is 0 Å². The van der Waals surface area contributed by atoms with E-state index >= 15 is 0 Å². The molecule has 1 heterocycles. The summed E-state index contributed by atoms with van der Waals surface area (Å²) in [5, 5.41) is 13.9. The number of benzene rings is 1. The Morgan fingerprint density at radius 3 is 2.95 bits per heavy atom. The number of nitro groups is 1. The Morgan fingerprint density at radius 1 is 1.37 bits per heavy atom. The van der Waals surface area contributed by atoms with Crippen LogP contribution >= 0.6 is 0 Å². The molecule has 19 heavy (non-hydrogen) atoms. The van der Waals surface area contributed by atoms with Gasteiger partial charge in [-0.1, -0.05) is 19.1 Å². The first-order valence-corrected chi connectivity index (χ1v) is 5.98. The molecule has 0 spiro atoms. The minimum absolute atomic E-state index is 0.0400. The standard InChI is InChI=1S/C13H14N4O2/c1-2-14-9-11-6-7-15-13(16-11)10-4-3-5-12(8-10)17(18)19/h3-8,14H,2,9H2,1H3. The van der Waals surface area contributed by atoms with Crippen molar-refractivity contribution < 1.29 is 4.92 Å². The maximum Gasteiger partial charge on any atom is 0.270 e. The molecule has 0 radical (unpaired) electrons. The number of nitrogens with zero attached hydrogens (tertiary/aromatic N) is 3. The molecule has 0 aliphatic rings. The van der Waals surface area contributed by atoms with Gasteiger partial charge in [0.2, 0.25) is 0 Å². The Labute approximate surface area is 110 Å². The molecule has 0 saturated carbocycles. The molecule has 98 valence electrons.